The van der Waals surface area contributed by atoms with Crippen molar-refractivity contribution in [2.45, 2.75) is 32.3 Å². The standard InChI is InChI=1S/C33H29F2N3O4/c34-26-14-9-15-27(35)25(26)21-42-31-20-29(22-10-3-1-4-11-22)37-33(38-31)36-28-16-7-13-24-23(28)12-8-17-30(24)41-19-6-2-5-18-32(39)40/h1,3-4,7-17,20H,2,5-6,18-19,21H2,(H,39,40)(H,36,37,38). The predicted octanol–water partition coefficient (Wildman–Crippen LogP) is 7.92. The van der Waals surface area contributed by atoms with Crippen LogP contribution in [0.2, 0.25) is 0 Å². The third kappa shape index (κ3) is 7.17. The van der Waals surface area contributed by atoms with Gasteiger partial charge >= 0.3 is 5.97 Å². The molecular weight excluding hydrogens is 540 g/mol. The van der Waals surface area contributed by atoms with E-state index in [0.29, 0.717) is 24.5 Å². The fraction of sp³-hybridized carbons (Fsp3) is 0.182. The van der Waals surface area contributed by atoms with Crippen molar-refractivity contribution in [2.75, 3.05) is 11.9 Å². The summed E-state index contributed by atoms with van der Waals surface area (Å²) in [5, 5.41) is 13.8. The van der Waals surface area contributed by atoms with Crippen LogP contribution in [-0.4, -0.2) is 27.7 Å². The zero-order valence-corrected chi connectivity index (χ0v) is 22.7. The van der Waals surface area contributed by atoms with Gasteiger partial charge in [-0.15, -0.1) is 0 Å². The number of nitrogens with zero attached hydrogens (tertiary/aromatic N) is 2. The van der Waals surface area contributed by atoms with Crippen LogP contribution in [0.4, 0.5) is 20.4 Å². The zero-order valence-electron chi connectivity index (χ0n) is 22.7. The molecule has 0 aliphatic carbocycles. The lowest BCUT2D eigenvalue weighted by Gasteiger charge is -2.14. The number of fused-ring (bicyclic) bond motifs is 1. The molecule has 2 N–H and O–H groups in total. The van der Waals surface area contributed by atoms with Gasteiger partial charge in [0.2, 0.25) is 11.8 Å². The van der Waals surface area contributed by atoms with Crippen molar-refractivity contribution < 1.29 is 28.2 Å². The largest absolute Gasteiger partial charge is 0.493 e. The second-order valence-electron chi connectivity index (χ2n) is 9.60. The van der Waals surface area contributed by atoms with Crippen molar-refractivity contribution in [3.8, 4) is 22.9 Å². The number of aromatic nitrogens is 2. The average Bonchev–Trinajstić information content (AvgIpc) is 2.99. The van der Waals surface area contributed by atoms with Crippen molar-refractivity contribution in [1.82, 2.24) is 9.97 Å². The van der Waals surface area contributed by atoms with E-state index in [1.54, 1.807) is 6.07 Å². The number of carbonyl (C=O) groups is 1. The molecule has 5 aromatic rings. The summed E-state index contributed by atoms with van der Waals surface area (Å²) in [4.78, 5) is 19.9. The van der Waals surface area contributed by atoms with E-state index in [4.69, 9.17) is 14.6 Å². The van der Waals surface area contributed by atoms with E-state index in [1.165, 1.54) is 18.2 Å². The summed E-state index contributed by atoms with van der Waals surface area (Å²) in [5.74, 6) is -1.07. The molecule has 5 rings (SSSR count). The molecular formula is C33H29F2N3O4. The molecule has 214 valence electrons. The normalized spacial score (nSPS) is 10.9. The highest BCUT2D eigenvalue weighted by atomic mass is 19.1. The molecule has 1 aromatic heterocycles. The second kappa shape index (κ2) is 13.5. The number of ether oxygens (including phenoxy) is 2. The van der Waals surface area contributed by atoms with Crippen LogP contribution < -0.4 is 14.8 Å². The number of unbranched alkanes of at least 4 members (excludes halogenated alkanes) is 2. The number of hydrogen-bond donors (Lipinski definition) is 2. The molecule has 0 spiro atoms. The van der Waals surface area contributed by atoms with E-state index in [2.05, 4.69) is 15.3 Å². The fourth-order valence-corrected chi connectivity index (χ4v) is 4.50. The van der Waals surface area contributed by atoms with Gasteiger partial charge in [-0.2, -0.15) is 4.98 Å². The van der Waals surface area contributed by atoms with E-state index in [0.717, 1.165) is 34.9 Å². The first kappa shape index (κ1) is 28.5. The maximum Gasteiger partial charge on any atom is 0.303 e. The van der Waals surface area contributed by atoms with Gasteiger partial charge in [-0.3, -0.25) is 4.79 Å². The van der Waals surface area contributed by atoms with E-state index >= 15 is 0 Å². The van der Waals surface area contributed by atoms with Gasteiger partial charge in [0.1, 0.15) is 24.0 Å². The Bertz CT molecular complexity index is 1660. The molecule has 0 unspecified atom stereocenters. The maximum absolute atomic E-state index is 14.2. The van der Waals surface area contributed by atoms with Gasteiger partial charge in [0.05, 0.1) is 17.9 Å². The zero-order chi connectivity index (χ0) is 29.3. The maximum atomic E-state index is 14.2. The molecule has 42 heavy (non-hydrogen) atoms. The first-order valence-corrected chi connectivity index (χ1v) is 13.6. The number of anilines is 2. The summed E-state index contributed by atoms with van der Waals surface area (Å²) in [6.45, 7) is 0.135. The molecule has 0 saturated carbocycles. The quantitative estimate of drug-likeness (QED) is 0.139. The van der Waals surface area contributed by atoms with E-state index in [9.17, 15) is 13.6 Å². The van der Waals surface area contributed by atoms with Crippen LogP contribution in [0.1, 0.15) is 31.2 Å². The lowest BCUT2D eigenvalue weighted by Crippen LogP contribution is -2.06. The molecule has 0 radical (unpaired) electrons. The van der Waals surface area contributed by atoms with E-state index in [-0.39, 0.29) is 30.4 Å². The number of nitrogens with one attached hydrogen (secondary N) is 1. The molecule has 7 nitrogen and oxygen atoms in total. The summed E-state index contributed by atoms with van der Waals surface area (Å²) in [6.07, 6.45) is 2.29. The van der Waals surface area contributed by atoms with Crippen molar-refractivity contribution in [2.24, 2.45) is 0 Å². The minimum absolute atomic E-state index is 0.154. The molecule has 0 fully saturated rings. The highest BCUT2D eigenvalue weighted by Gasteiger charge is 2.14. The Kier molecular flexibility index (Phi) is 9.18. The third-order valence-corrected chi connectivity index (χ3v) is 6.62. The smallest absolute Gasteiger partial charge is 0.303 e. The number of benzene rings is 4. The molecule has 9 heteroatoms. The summed E-state index contributed by atoms with van der Waals surface area (Å²) < 4.78 is 40.2. The Morgan fingerprint density at radius 3 is 2.31 bits per heavy atom. The van der Waals surface area contributed by atoms with E-state index < -0.39 is 17.6 Å². The van der Waals surface area contributed by atoms with E-state index in [1.807, 2.05) is 66.7 Å². The van der Waals surface area contributed by atoms with Gasteiger partial charge in [0.15, 0.2) is 0 Å². The van der Waals surface area contributed by atoms with Gasteiger partial charge < -0.3 is 19.9 Å². The number of halogens is 2. The second-order valence-corrected chi connectivity index (χ2v) is 9.60. The van der Waals surface area contributed by atoms with Gasteiger partial charge in [-0.25, -0.2) is 13.8 Å². The molecule has 0 atom stereocenters. The summed E-state index contributed by atoms with van der Waals surface area (Å²) in [7, 11) is 0. The monoisotopic (exact) mass is 569 g/mol. The van der Waals surface area contributed by atoms with Gasteiger partial charge in [-0.05, 0) is 43.5 Å². The summed E-state index contributed by atoms with van der Waals surface area (Å²) in [6, 6.07) is 26.3. The lowest BCUT2D eigenvalue weighted by atomic mass is 10.1. The number of carboxylic acids is 1. The topological polar surface area (TPSA) is 93.6 Å². The molecule has 0 bridgehead atoms. The summed E-state index contributed by atoms with van der Waals surface area (Å²) in [5.41, 5.74) is 1.94. The highest BCUT2D eigenvalue weighted by molar-refractivity contribution is 5.98. The predicted molar refractivity (Wildman–Crippen MR) is 157 cm³/mol. The van der Waals surface area contributed by atoms with Crippen molar-refractivity contribution in [1.29, 1.82) is 0 Å². The number of rotatable bonds is 13. The van der Waals surface area contributed by atoms with Crippen LogP contribution in [0.3, 0.4) is 0 Å². The Labute approximate surface area is 241 Å². The number of hydrogen-bond acceptors (Lipinski definition) is 6. The first-order chi connectivity index (χ1) is 20.5. The van der Waals surface area contributed by atoms with Gasteiger partial charge in [0.25, 0.3) is 0 Å². The Hall–Kier alpha value is -5.05. The Balaban J connectivity index is 1.39. The van der Waals surface area contributed by atoms with Crippen LogP contribution in [0.15, 0.2) is 91.0 Å². The van der Waals surface area contributed by atoms with Crippen LogP contribution in [-0.2, 0) is 11.4 Å². The number of carboxylic acid groups (broad SMARTS) is 1. The molecule has 0 saturated heterocycles. The van der Waals surface area contributed by atoms with Crippen LogP contribution in [0.25, 0.3) is 22.0 Å². The van der Waals surface area contributed by atoms with Crippen molar-refractivity contribution >= 4 is 28.4 Å². The van der Waals surface area contributed by atoms with Crippen LogP contribution in [0.5, 0.6) is 11.6 Å². The lowest BCUT2D eigenvalue weighted by molar-refractivity contribution is -0.137. The number of aliphatic carboxylic acids is 1. The van der Waals surface area contributed by atoms with Crippen LogP contribution >= 0.6 is 0 Å². The van der Waals surface area contributed by atoms with Crippen LogP contribution in [0, 0.1) is 11.6 Å². The van der Waals surface area contributed by atoms with Crippen molar-refractivity contribution in [3.05, 3.63) is 108 Å². The third-order valence-electron chi connectivity index (χ3n) is 6.62. The SMILES string of the molecule is O=C(O)CCCCCOc1cccc2c(Nc3nc(OCc4c(F)cccc4F)cc(-c4ccccc4)n3)cccc12. The molecule has 4 aromatic carbocycles. The summed E-state index contributed by atoms with van der Waals surface area (Å²) >= 11 is 0. The van der Waals surface area contributed by atoms with Crippen molar-refractivity contribution in [3.63, 3.8) is 0 Å². The average molecular weight is 570 g/mol. The minimum atomic E-state index is -0.791. The molecule has 0 aliphatic heterocycles. The molecule has 0 amide bonds. The molecule has 0 aliphatic rings. The molecule has 1 heterocycles. The van der Waals surface area contributed by atoms with Gasteiger partial charge in [-0.1, -0.05) is 60.7 Å². The minimum Gasteiger partial charge on any atom is -0.493 e. The van der Waals surface area contributed by atoms with Gasteiger partial charge in [0, 0.05) is 34.5 Å². The fourth-order valence-electron chi connectivity index (χ4n) is 4.50. The first-order valence-electron chi connectivity index (χ1n) is 13.6. The Morgan fingerprint density at radius 1 is 0.786 bits per heavy atom. The Morgan fingerprint density at radius 2 is 1.52 bits per heavy atom. The highest BCUT2D eigenvalue weighted by Crippen LogP contribution is 2.33.